The standard InChI is InChI=1S/C26H23N3O3/c1-19(20-10-4-2-5-11-20)28-25(30)18-32-24-15-9-8-14-23(24)26(31)21-16-27-29(17-21)22-12-6-3-7-13-22/h2-17,19H,18H2,1H3,(H,28,30)/t19-/m0/s1. The minimum absolute atomic E-state index is 0.145. The number of rotatable bonds is 8. The number of amides is 1. The molecule has 6 nitrogen and oxygen atoms in total. The number of aromatic nitrogens is 2. The maximum Gasteiger partial charge on any atom is 0.258 e. The van der Waals surface area contributed by atoms with E-state index in [1.807, 2.05) is 67.6 Å². The van der Waals surface area contributed by atoms with Crippen LogP contribution < -0.4 is 10.1 Å². The van der Waals surface area contributed by atoms with Gasteiger partial charge < -0.3 is 10.1 Å². The Labute approximate surface area is 186 Å². The van der Waals surface area contributed by atoms with Crippen LogP contribution in [-0.2, 0) is 4.79 Å². The molecule has 0 radical (unpaired) electrons. The lowest BCUT2D eigenvalue weighted by molar-refractivity contribution is -0.123. The van der Waals surface area contributed by atoms with Gasteiger partial charge in [0.1, 0.15) is 5.75 Å². The molecule has 160 valence electrons. The zero-order valence-electron chi connectivity index (χ0n) is 17.6. The average molecular weight is 425 g/mol. The van der Waals surface area contributed by atoms with Crippen molar-refractivity contribution >= 4 is 11.7 Å². The maximum absolute atomic E-state index is 13.1. The van der Waals surface area contributed by atoms with Gasteiger partial charge in [-0.2, -0.15) is 5.10 Å². The first kappa shape index (κ1) is 21.1. The molecule has 1 N–H and O–H groups in total. The SMILES string of the molecule is C[C@H](NC(=O)COc1ccccc1C(=O)c1cnn(-c2ccccc2)c1)c1ccccc1. The Balaban J connectivity index is 1.43. The predicted molar refractivity (Wildman–Crippen MR) is 122 cm³/mol. The van der Waals surface area contributed by atoms with E-state index >= 15 is 0 Å². The van der Waals surface area contributed by atoms with Crippen molar-refractivity contribution in [1.82, 2.24) is 15.1 Å². The number of hydrogen-bond donors (Lipinski definition) is 1. The third-order valence-electron chi connectivity index (χ3n) is 5.03. The first-order valence-electron chi connectivity index (χ1n) is 10.3. The highest BCUT2D eigenvalue weighted by Gasteiger charge is 2.18. The van der Waals surface area contributed by atoms with Crippen LogP contribution in [0.25, 0.3) is 5.69 Å². The summed E-state index contributed by atoms with van der Waals surface area (Å²) < 4.78 is 7.36. The van der Waals surface area contributed by atoms with E-state index in [0.29, 0.717) is 16.9 Å². The molecule has 0 aliphatic rings. The van der Waals surface area contributed by atoms with Gasteiger partial charge in [0.15, 0.2) is 12.4 Å². The lowest BCUT2D eigenvalue weighted by Crippen LogP contribution is -2.31. The van der Waals surface area contributed by atoms with Crippen molar-refractivity contribution in [2.45, 2.75) is 13.0 Å². The molecule has 4 rings (SSSR count). The summed E-state index contributed by atoms with van der Waals surface area (Å²) in [5.74, 6) is -0.131. The van der Waals surface area contributed by atoms with Crippen molar-refractivity contribution in [3.63, 3.8) is 0 Å². The Morgan fingerprint density at radius 1 is 0.938 bits per heavy atom. The summed E-state index contributed by atoms with van der Waals surface area (Å²) in [6, 6.07) is 26.0. The maximum atomic E-state index is 13.1. The Morgan fingerprint density at radius 2 is 1.59 bits per heavy atom. The molecule has 3 aromatic carbocycles. The van der Waals surface area contributed by atoms with Crippen LogP contribution >= 0.6 is 0 Å². The van der Waals surface area contributed by atoms with Crippen molar-refractivity contribution in [2.75, 3.05) is 6.61 Å². The Bertz CT molecular complexity index is 1200. The summed E-state index contributed by atoms with van der Waals surface area (Å²) in [6.45, 7) is 1.72. The van der Waals surface area contributed by atoms with Gasteiger partial charge in [-0.3, -0.25) is 9.59 Å². The molecule has 1 atom stereocenters. The van der Waals surface area contributed by atoms with Crippen molar-refractivity contribution in [3.8, 4) is 11.4 Å². The number of carbonyl (C=O) groups is 2. The number of nitrogens with one attached hydrogen (secondary N) is 1. The molecule has 32 heavy (non-hydrogen) atoms. The summed E-state index contributed by atoms with van der Waals surface area (Å²) in [6.07, 6.45) is 3.21. The van der Waals surface area contributed by atoms with Gasteiger partial charge in [-0.25, -0.2) is 4.68 Å². The van der Waals surface area contributed by atoms with Crippen LogP contribution in [0.1, 0.15) is 34.5 Å². The Kier molecular flexibility index (Phi) is 6.41. The third kappa shape index (κ3) is 4.92. The summed E-state index contributed by atoms with van der Waals surface area (Å²) in [4.78, 5) is 25.5. The zero-order chi connectivity index (χ0) is 22.3. The zero-order valence-corrected chi connectivity index (χ0v) is 17.6. The minimum atomic E-state index is -0.263. The van der Waals surface area contributed by atoms with E-state index in [0.717, 1.165) is 11.3 Å². The second kappa shape index (κ2) is 9.75. The predicted octanol–water partition coefficient (Wildman–Crippen LogP) is 4.36. The number of ether oxygens (including phenoxy) is 1. The van der Waals surface area contributed by atoms with E-state index in [9.17, 15) is 9.59 Å². The lowest BCUT2D eigenvalue weighted by Gasteiger charge is -2.15. The van der Waals surface area contributed by atoms with E-state index in [4.69, 9.17) is 4.74 Å². The van der Waals surface area contributed by atoms with E-state index in [-0.39, 0.29) is 24.3 Å². The van der Waals surface area contributed by atoms with Crippen LogP contribution in [0.2, 0.25) is 0 Å². The first-order chi connectivity index (χ1) is 15.6. The molecule has 0 bridgehead atoms. The van der Waals surface area contributed by atoms with Gasteiger partial charge in [-0.05, 0) is 36.8 Å². The molecular formula is C26H23N3O3. The van der Waals surface area contributed by atoms with Gasteiger partial charge >= 0.3 is 0 Å². The van der Waals surface area contributed by atoms with Gasteiger partial charge in [-0.15, -0.1) is 0 Å². The highest BCUT2D eigenvalue weighted by molar-refractivity contribution is 6.10. The Morgan fingerprint density at radius 3 is 2.34 bits per heavy atom. The van der Waals surface area contributed by atoms with Crippen molar-refractivity contribution < 1.29 is 14.3 Å². The largest absolute Gasteiger partial charge is 0.483 e. The fraction of sp³-hybridized carbons (Fsp3) is 0.115. The van der Waals surface area contributed by atoms with Gasteiger partial charge in [-0.1, -0.05) is 60.7 Å². The number of hydrogen-bond acceptors (Lipinski definition) is 4. The van der Waals surface area contributed by atoms with Gasteiger partial charge in [0.05, 0.1) is 29.1 Å². The van der Waals surface area contributed by atoms with Gasteiger partial charge in [0.25, 0.3) is 5.91 Å². The van der Waals surface area contributed by atoms with Crippen LogP contribution in [0.15, 0.2) is 97.3 Å². The van der Waals surface area contributed by atoms with Crippen LogP contribution in [0.4, 0.5) is 0 Å². The second-order valence-electron chi connectivity index (χ2n) is 7.32. The molecule has 1 heterocycles. The van der Waals surface area contributed by atoms with Crippen molar-refractivity contribution in [1.29, 1.82) is 0 Å². The average Bonchev–Trinajstić information content (AvgIpc) is 3.34. The van der Waals surface area contributed by atoms with Crippen LogP contribution in [0.5, 0.6) is 5.75 Å². The monoisotopic (exact) mass is 425 g/mol. The molecule has 1 aromatic heterocycles. The smallest absolute Gasteiger partial charge is 0.258 e. The number of nitrogens with zero attached hydrogens (tertiary/aromatic N) is 2. The molecule has 0 spiro atoms. The Hall–Kier alpha value is -4.19. The normalized spacial score (nSPS) is 11.5. The van der Waals surface area contributed by atoms with E-state index < -0.39 is 0 Å². The molecular weight excluding hydrogens is 402 g/mol. The minimum Gasteiger partial charge on any atom is -0.483 e. The lowest BCUT2D eigenvalue weighted by atomic mass is 10.1. The summed E-state index contributed by atoms with van der Waals surface area (Å²) in [7, 11) is 0. The number of ketones is 1. The van der Waals surface area contributed by atoms with Gasteiger partial charge in [0, 0.05) is 6.20 Å². The van der Waals surface area contributed by atoms with Crippen molar-refractivity contribution in [2.24, 2.45) is 0 Å². The molecule has 0 fully saturated rings. The van der Waals surface area contributed by atoms with Gasteiger partial charge in [0.2, 0.25) is 0 Å². The molecule has 0 unspecified atom stereocenters. The van der Waals surface area contributed by atoms with E-state index in [1.165, 1.54) is 6.20 Å². The molecule has 0 aliphatic carbocycles. The fourth-order valence-corrected chi connectivity index (χ4v) is 3.35. The fourth-order valence-electron chi connectivity index (χ4n) is 3.35. The van der Waals surface area contributed by atoms with Crippen LogP contribution in [0.3, 0.4) is 0 Å². The summed E-state index contributed by atoms with van der Waals surface area (Å²) in [5.41, 5.74) is 2.68. The van der Waals surface area contributed by atoms with Crippen LogP contribution in [0, 0.1) is 0 Å². The van der Waals surface area contributed by atoms with Crippen LogP contribution in [-0.4, -0.2) is 28.1 Å². The first-order valence-corrected chi connectivity index (χ1v) is 10.3. The molecule has 1 amide bonds. The van der Waals surface area contributed by atoms with Crippen molar-refractivity contribution in [3.05, 3.63) is 114 Å². The third-order valence-corrected chi connectivity index (χ3v) is 5.03. The molecule has 4 aromatic rings. The topological polar surface area (TPSA) is 73.2 Å². The molecule has 6 heteroatoms. The molecule has 0 aliphatic heterocycles. The highest BCUT2D eigenvalue weighted by Crippen LogP contribution is 2.22. The number of carbonyl (C=O) groups excluding carboxylic acids is 2. The number of para-hydroxylation sites is 2. The summed E-state index contributed by atoms with van der Waals surface area (Å²) in [5, 5.41) is 7.20. The molecule has 0 saturated carbocycles. The number of benzene rings is 3. The van der Waals surface area contributed by atoms with E-state index in [2.05, 4.69) is 10.4 Å². The quantitative estimate of drug-likeness (QED) is 0.426. The highest BCUT2D eigenvalue weighted by atomic mass is 16.5. The molecule has 0 saturated heterocycles. The summed E-state index contributed by atoms with van der Waals surface area (Å²) >= 11 is 0. The van der Waals surface area contributed by atoms with E-state index in [1.54, 1.807) is 35.1 Å². The second-order valence-corrected chi connectivity index (χ2v) is 7.32.